The Morgan fingerprint density at radius 3 is 2.41 bits per heavy atom. The van der Waals surface area contributed by atoms with Gasteiger partial charge in [0.1, 0.15) is 10.8 Å². The molecule has 5 rings (SSSR count). The van der Waals surface area contributed by atoms with Gasteiger partial charge >= 0.3 is 0 Å². The first-order valence-electron chi connectivity index (χ1n) is 8.73. The maximum atomic E-state index is 5.82. The molecule has 0 bridgehead atoms. The molecule has 3 heterocycles. The van der Waals surface area contributed by atoms with Gasteiger partial charge in [-0.15, -0.1) is 0 Å². The highest BCUT2D eigenvalue weighted by Crippen LogP contribution is 2.44. The summed E-state index contributed by atoms with van der Waals surface area (Å²) in [6, 6.07) is 26.6. The number of fused-ring (bicyclic) bond motifs is 1. The van der Waals surface area contributed by atoms with Gasteiger partial charge in [-0.1, -0.05) is 48.2 Å². The van der Waals surface area contributed by atoms with Crippen LogP contribution in [0.25, 0.3) is 33.5 Å². The molecule has 27 heavy (non-hydrogen) atoms. The Bertz CT molecular complexity index is 1180. The van der Waals surface area contributed by atoms with Crippen LogP contribution in [-0.2, 0) is 0 Å². The van der Waals surface area contributed by atoms with Crippen molar-refractivity contribution in [3.05, 3.63) is 91.3 Å². The van der Waals surface area contributed by atoms with Gasteiger partial charge in [0.05, 0.1) is 11.8 Å². The number of nitrogens with zero attached hydrogens (tertiary/aromatic N) is 1. The van der Waals surface area contributed by atoms with Crippen molar-refractivity contribution in [2.45, 2.75) is 9.92 Å². The van der Waals surface area contributed by atoms with E-state index in [1.807, 2.05) is 54.7 Å². The Morgan fingerprint density at radius 2 is 1.63 bits per heavy atom. The molecule has 0 radical (unpaired) electrons. The van der Waals surface area contributed by atoms with Crippen LogP contribution >= 0.6 is 11.8 Å². The van der Waals surface area contributed by atoms with Crippen molar-refractivity contribution in [2.75, 3.05) is 0 Å². The van der Waals surface area contributed by atoms with Gasteiger partial charge in [0.2, 0.25) is 0 Å². The summed E-state index contributed by atoms with van der Waals surface area (Å²) in [5, 5.41) is 2.03. The van der Waals surface area contributed by atoms with Crippen molar-refractivity contribution in [3.63, 3.8) is 0 Å². The molecular weight excluding hydrogens is 352 g/mol. The monoisotopic (exact) mass is 368 g/mol. The van der Waals surface area contributed by atoms with E-state index in [9.17, 15) is 0 Å². The van der Waals surface area contributed by atoms with Crippen LogP contribution in [0.3, 0.4) is 0 Å². The minimum atomic E-state index is 0.841. The molecule has 1 N–H and O–H groups in total. The van der Waals surface area contributed by atoms with Crippen LogP contribution in [0.15, 0.2) is 106 Å². The van der Waals surface area contributed by atoms with Crippen LogP contribution in [0.2, 0.25) is 0 Å². The van der Waals surface area contributed by atoms with Crippen molar-refractivity contribution in [1.29, 1.82) is 0 Å². The summed E-state index contributed by atoms with van der Waals surface area (Å²) in [5.41, 5.74) is 4.10. The Kier molecular flexibility index (Phi) is 4.03. The van der Waals surface area contributed by atoms with Crippen LogP contribution in [-0.4, -0.2) is 9.97 Å². The lowest BCUT2D eigenvalue weighted by molar-refractivity contribution is 0.583. The minimum absolute atomic E-state index is 0.841. The van der Waals surface area contributed by atoms with Gasteiger partial charge in [-0.05, 0) is 42.5 Å². The lowest BCUT2D eigenvalue weighted by Crippen LogP contribution is -1.94. The van der Waals surface area contributed by atoms with Gasteiger partial charge in [-0.3, -0.25) is 0 Å². The smallest absolute Gasteiger partial charge is 0.135 e. The molecule has 2 aromatic carbocycles. The molecule has 0 aliphatic rings. The third-order valence-electron chi connectivity index (χ3n) is 4.45. The fraction of sp³-hybridized carbons (Fsp3) is 0. The molecule has 0 saturated carbocycles. The Labute approximate surface area is 161 Å². The lowest BCUT2D eigenvalue weighted by atomic mass is 9.99. The zero-order valence-electron chi connectivity index (χ0n) is 14.4. The summed E-state index contributed by atoms with van der Waals surface area (Å²) in [5.74, 6) is 0.841. The number of aromatic amines is 1. The summed E-state index contributed by atoms with van der Waals surface area (Å²) in [6.45, 7) is 0. The quantitative estimate of drug-likeness (QED) is 0.386. The number of nitrogens with one attached hydrogen (secondary N) is 1. The number of hydrogen-bond donors (Lipinski definition) is 1. The molecular formula is C23H16N2OS. The molecule has 5 aromatic rings. The normalized spacial score (nSPS) is 11.1. The third-order valence-corrected chi connectivity index (χ3v) is 5.45. The van der Waals surface area contributed by atoms with E-state index in [-0.39, 0.29) is 0 Å². The van der Waals surface area contributed by atoms with Crippen LogP contribution < -0.4 is 0 Å². The molecule has 130 valence electrons. The van der Waals surface area contributed by atoms with Gasteiger partial charge in [0, 0.05) is 33.3 Å². The zero-order chi connectivity index (χ0) is 18.1. The van der Waals surface area contributed by atoms with Crippen molar-refractivity contribution in [3.8, 4) is 22.6 Å². The first kappa shape index (κ1) is 16.0. The van der Waals surface area contributed by atoms with E-state index < -0.39 is 0 Å². The van der Waals surface area contributed by atoms with Crippen LogP contribution in [0.5, 0.6) is 0 Å². The fourth-order valence-corrected chi connectivity index (χ4v) is 4.25. The van der Waals surface area contributed by atoms with E-state index in [0.717, 1.165) is 43.4 Å². The van der Waals surface area contributed by atoms with Gasteiger partial charge in [-0.2, -0.15) is 0 Å². The van der Waals surface area contributed by atoms with Crippen molar-refractivity contribution < 1.29 is 4.42 Å². The Hall–Kier alpha value is -3.24. The predicted octanol–water partition coefficient (Wildman–Crippen LogP) is 6.64. The van der Waals surface area contributed by atoms with Gasteiger partial charge in [0.15, 0.2) is 0 Å². The number of hydrogen-bond acceptors (Lipinski definition) is 3. The van der Waals surface area contributed by atoms with E-state index in [2.05, 4.69) is 35.3 Å². The van der Waals surface area contributed by atoms with Gasteiger partial charge < -0.3 is 9.40 Å². The standard InChI is InChI=1S/C23H16N2OS/c1-2-8-16(9-3-1)27-23-22(19-12-6-14-24-19)21(20-13-7-15-26-20)17-10-4-5-11-18(17)25-23/h1-15,24H. The SMILES string of the molecule is c1ccc(Sc2nc3ccccc3c(-c3ccco3)c2-c2ccc[nH]2)cc1. The topological polar surface area (TPSA) is 41.8 Å². The second-order valence-corrected chi connectivity index (χ2v) is 7.22. The number of rotatable bonds is 4. The first-order valence-corrected chi connectivity index (χ1v) is 9.55. The molecule has 0 unspecified atom stereocenters. The molecule has 3 nitrogen and oxygen atoms in total. The number of pyridine rings is 1. The molecule has 3 aromatic heterocycles. The zero-order valence-corrected chi connectivity index (χ0v) is 15.2. The summed E-state index contributed by atoms with van der Waals surface area (Å²) < 4.78 is 5.82. The van der Waals surface area contributed by atoms with Crippen LogP contribution in [0.4, 0.5) is 0 Å². The van der Waals surface area contributed by atoms with E-state index in [1.165, 1.54) is 0 Å². The highest BCUT2D eigenvalue weighted by atomic mass is 32.2. The highest BCUT2D eigenvalue weighted by Gasteiger charge is 2.21. The second-order valence-electron chi connectivity index (χ2n) is 6.16. The number of furan rings is 1. The minimum Gasteiger partial charge on any atom is -0.464 e. The largest absolute Gasteiger partial charge is 0.464 e. The number of H-pyrrole nitrogens is 1. The fourth-order valence-electron chi connectivity index (χ4n) is 3.28. The molecule has 0 saturated heterocycles. The van der Waals surface area contributed by atoms with E-state index >= 15 is 0 Å². The average Bonchev–Trinajstić information content (AvgIpc) is 3.42. The van der Waals surface area contributed by atoms with Crippen molar-refractivity contribution in [2.24, 2.45) is 0 Å². The first-order chi connectivity index (χ1) is 13.4. The van der Waals surface area contributed by atoms with Gasteiger partial charge in [0.25, 0.3) is 0 Å². The van der Waals surface area contributed by atoms with Crippen LogP contribution in [0.1, 0.15) is 0 Å². The maximum Gasteiger partial charge on any atom is 0.135 e. The molecule has 0 spiro atoms. The maximum absolute atomic E-state index is 5.82. The van der Waals surface area contributed by atoms with E-state index in [1.54, 1.807) is 18.0 Å². The highest BCUT2D eigenvalue weighted by molar-refractivity contribution is 7.99. The Morgan fingerprint density at radius 1 is 0.778 bits per heavy atom. The summed E-state index contributed by atoms with van der Waals surface area (Å²) in [6.07, 6.45) is 3.65. The third kappa shape index (κ3) is 2.94. The summed E-state index contributed by atoms with van der Waals surface area (Å²) in [7, 11) is 0. The van der Waals surface area contributed by atoms with E-state index in [0.29, 0.717) is 0 Å². The van der Waals surface area contributed by atoms with Crippen LogP contribution in [0, 0.1) is 0 Å². The Balaban J connectivity index is 1.85. The van der Waals surface area contributed by atoms with Crippen molar-refractivity contribution in [1.82, 2.24) is 9.97 Å². The molecule has 0 amide bonds. The summed E-state index contributed by atoms with van der Waals surface area (Å²) >= 11 is 1.67. The average molecular weight is 368 g/mol. The molecule has 0 fully saturated rings. The molecule has 4 heteroatoms. The molecule has 0 atom stereocenters. The lowest BCUT2D eigenvalue weighted by Gasteiger charge is -2.15. The summed E-state index contributed by atoms with van der Waals surface area (Å²) in [4.78, 5) is 9.50. The molecule has 0 aliphatic heterocycles. The number of para-hydroxylation sites is 1. The van der Waals surface area contributed by atoms with Crippen molar-refractivity contribution >= 4 is 22.7 Å². The second kappa shape index (κ2) is 6.82. The predicted molar refractivity (Wildman–Crippen MR) is 110 cm³/mol. The van der Waals surface area contributed by atoms with E-state index in [4.69, 9.17) is 9.40 Å². The molecule has 0 aliphatic carbocycles. The van der Waals surface area contributed by atoms with Gasteiger partial charge in [-0.25, -0.2) is 4.98 Å². The number of benzene rings is 2. The number of aromatic nitrogens is 2.